The lowest BCUT2D eigenvalue weighted by Gasteiger charge is -2.36. The van der Waals surface area contributed by atoms with Crippen molar-refractivity contribution < 1.29 is 33.7 Å². The summed E-state index contributed by atoms with van der Waals surface area (Å²) in [6, 6.07) is 6.33. The minimum atomic E-state index is -1.06. The van der Waals surface area contributed by atoms with Crippen LogP contribution in [0.2, 0.25) is 0 Å². The molecule has 0 unspecified atom stereocenters. The molecular formula is C28H38N2O7. The molecule has 2 amide bonds. The van der Waals surface area contributed by atoms with Crippen molar-refractivity contribution in [2.75, 3.05) is 38.3 Å². The molecule has 1 aromatic rings. The molecule has 0 aliphatic carbocycles. The Balaban J connectivity index is 1.69. The van der Waals surface area contributed by atoms with Gasteiger partial charge in [-0.15, -0.1) is 6.58 Å². The fourth-order valence-corrected chi connectivity index (χ4v) is 6.29. The van der Waals surface area contributed by atoms with E-state index < -0.39 is 35.6 Å². The Hall–Kier alpha value is -2.91. The highest BCUT2D eigenvalue weighted by atomic mass is 16.6. The van der Waals surface area contributed by atoms with E-state index in [4.69, 9.17) is 19.3 Å². The van der Waals surface area contributed by atoms with Crippen molar-refractivity contribution in [2.45, 2.75) is 63.2 Å². The number of methoxy groups -OCH3 is 1. The molecule has 1 spiro atoms. The van der Waals surface area contributed by atoms with E-state index in [1.165, 1.54) is 0 Å². The number of fused-ring (bicyclic) bond motifs is 1. The summed E-state index contributed by atoms with van der Waals surface area (Å²) in [7, 11) is 1.58. The number of hydrogen-bond acceptors (Lipinski definition) is 7. The Kier molecular flexibility index (Phi) is 8.54. The summed E-state index contributed by atoms with van der Waals surface area (Å²) in [5, 5.41) is 9.10. The summed E-state index contributed by atoms with van der Waals surface area (Å²) >= 11 is 0. The summed E-state index contributed by atoms with van der Waals surface area (Å²) in [5.74, 6) is -1.66. The van der Waals surface area contributed by atoms with Crippen LogP contribution in [-0.4, -0.2) is 79.0 Å². The second-order valence-electron chi connectivity index (χ2n) is 9.91. The Labute approximate surface area is 218 Å². The maximum atomic E-state index is 14.3. The van der Waals surface area contributed by atoms with Crippen LogP contribution in [-0.2, 0) is 23.9 Å². The van der Waals surface area contributed by atoms with Gasteiger partial charge in [0.15, 0.2) is 0 Å². The largest absolute Gasteiger partial charge is 0.497 e. The van der Waals surface area contributed by atoms with E-state index in [-0.39, 0.29) is 31.6 Å². The van der Waals surface area contributed by atoms with Crippen LogP contribution in [0.3, 0.4) is 0 Å². The maximum absolute atomic E-state index is 14.3. The zero-order valence-electron chi connectivity index (χ0n) is 21.8. The molecule has 9 heteroatoms. The fourth-order valence-electron chi connectivity index (χ4n) is 6.29. The summed E-state index contributed by atoms with van der Waals surface area (Å²) in [6.07, 6.45) is 5.41. The Morgan fingerprint density at radius 2 is 1.97 bits per heavy atom. The van der Waals surface area contributed by atoms with Gasteiger partial charge in [-0.1, -0.05) is 18.9 Å². The normalized spacial score (nSPS) is 27.8. The molecule has 3 aliphatic rings. The van der Waals surface area contributed by atoms with Crippen LogP contribution in [0.25, 0.3) is 0 Å². The van der Waals surface area contributed by atoms with Crippen LogP contribution in [0.15, 0.2) is 36.9 Å². The highest BCUT2D eigenvalue weighted by Crippen LogP contribution is 2.59. The third kappa shape index (κ3) is 4.86. The van der Waals surface area contributed by atoms with Crippen LogP contribution in [0, 0.1) is 11.8 Å². The fraction of sp³-hybridized carbons (Fsp3) is 0.607. The van der Waals surface area contributed by atoms with Gasteiger partial charge in [-0.25, -0.2) is 0 Å². The van der Waals surface area contributed by atoms with Crippen molar-refractivity contribution in [3.63, 3.8) is 0 Å². The van der Waals surface area contributed by atoms with Crippen molar-refractivity contribution in [2.24, 2.45) is 11.8 Å². The van der Waals surface area contributed by atoms with Gasteiger partial charge in [-0.2, -0.15) is 0 Å². The number of carbonyl (C=O) groups is 3. The number of hydrogen-bond donors (Lipinski definition) is 1. The Morgan fingerprint density at radius 3 is 2.62 bits per heavy atom. The molecule has 1 N–H and O–H groups in total. The highest BCUT2D eigenvalue weighted by molar-refractivity contribution is 6.04. The van der Waals surface area contributed by atoms with E-state index in [1.807, 2.05) is 0 Å². The Morgan fingerprint density at radius 1 is 1.24 bits per heavy atom. The van der Waals surface area contributed by atoms with E-state index in [1.54, 1.807) is 54.2 Å². The van der Waals surface area contributed by atoms with Crippen LogP contribution < -0.4 is 9.64 Å². The van der Waals surface area contributed by atoms with Crippen LogP contribution in [0.1, 0.15) is 45.4 Å². The van der Waals surface area contributed by atoms with Gasteiger partial charge < -0.3 is 29.1 Å². The number of ether oxygens (including phenoxy) is 3. The number of likely N-dealkylation sites (tertiary alicyclic amines) is 1. The molecule has 3 saturated heterocycles. The molecular weight excluding hydrogens is 476 g/mol. The van der Waals surface area contributed by atoms with Gasteiger partial charge in [0.05, 0.1) is 31.7 Å². The molecule has 3 fully saturated rings. The van der Waals surface area contributed by atoms with Crippen LogP contribution in [0.5, 0.6) is 5.75 Å². The van der Waals surface area contributed by atoms with Crippen molar-refractivity contribution in [3.05, 3.63) is 36.9 Å². The quantitative estimate of drug-likeness (QED) is 0.245. The van der Waals surface area contributed by atoms with Crippen LogP contribution in [0.4, 0.5) is 5.69 Å². The molecule has 2 bridgehead atoms. The lowest BCUT2D eigenvalue weighted by Crippen LogP contribution is -2.56. The smallest absolute Gasteiger partial charge is 0.312 e. The van der Waals surface area contributed by atoms with Gasteiger partial charge in [0.1, 0.15) is 17.4 Å². The lowest BCUT2D eigenvalue weighted by atomic mass is 9.70. The van der Waals surface area contributed by atoms with Gasteiger partial charge >= 0.3 is 5.97 Å². The molecule has 3 aliphatic heterocycles. The predicted molar refractivity (Wildman–Crippen MR) is 137 cm³/mol. The van der Waals surface area contributed by atoms with Gasteiger partial charge in [-0.3, -0.25) is 14.4 Å². The van der Waals surface area contributed by atoms with E-state index in [2.05, 4.69) is 6.58 Å². The summed E-state index contributed by atoms with van der Waals surface area (Å²) in [4.78, 5) is 44.4. The number of esters is 1. The third-order valence-corrected chi connectivity index (χ3v) is 7.86. The second kappa shape index (κ2) is 11.6. The molecule has 3 heterocycles. The first kappa shape index (κ1) is 27.1. The second-order valence-corrected chi connectivity index (χ2v) is 9.91. The first-order valence-corrected chi connectivity index (χ1v) is 13.3. The molecule has 202 valence electrons. The van der Waals surface area contributed by atoms with Crippen molar-refractivity contribution in [3.8, 4) is 5.75 Å². The lowest BCUT2D eigenvalue weighted by molar-refractivity contribution is -0.154. The van der Waals surface area contributed by atoms with Crippen molar-refractivity contribution in [1.82, 2.24) is 4.90 Å². The molecule has 37 heavy (non-hydrogen) atoms. The average Bonchev–Trinajstić information content (AvgIpc) is 3.54. The Bertz CT molecular complexity index is 997. The van der Waals surface area contributed by atoms with E-state index >= 15 is 0 Å². The minimum absolute atomic E-state index is 0.129. The van der Waals surface area contributed by atoms with Crippen molar-refractivity contribution >= 4 is 23.5 Å². The van der Waals surface area contributed by atoms with Crippen LogP contribution >= 0.6 is 0 Å². The molecule has 1 aromatic carbocycles. The SMILES string of the molecule is C=CCN(C(=O)[C@H]1N(CCCCCCO)C(=O)[C@@H]2[C@@H](C(=O)OCC)[C@H]3CC[C@]21O3)c1ccc(OC)cc1. The number of rotatable bonds is 13. The van der Waals surface area contributed by atoms with E-state index in [9.17, 15) is 14.4 Å². The summed E-state index contributed by atoms with van der Waals surface area (Å²) in [6.45, 7) is 6.56. The summed E-state index contributed by atoms with van der Waals surface area (Å²) < 4.78 is 17.1. The number of nitrogens with zero attached hydrogens (tertiary/aromatic N) is 2. The zero-order valence-corrected chi connectivity index (χ0v) is 21.8. The monoisotopic (exact) mass is 514 g/mol. The van der Waals surface area contributed by atoms with Gasteiger partial charge in [0.2, 0.25) is 5.91 Å². The first-order chi connectivity index (χ1) is 17.9. The molecule has 0 aromatic heterocycles. The molecule has 5 atom stereocenters. The number of anilines is 1. The van der Waals surface area contributed by atoms with Gasteiger partial charge in [0.25, 0.3) is 5.91 Å². The number of aliphatic hydroxyl groups is 1. The zero-order chi connectivity index (χ0) is 26.6. The number of aliphatic hydroxyl groups excluding tert-OH is 1. The molecule has 4 rings (SSSR count). The summed E-state index contributed by atoms with van der Waals surface area (Å²) in [5.41, 5.74) is -0.400. The number of carbonyl (C=O) groups excluding carboxylic acids is 3. The van der Waals surface area contributed by atoms with E-state index in [0.29, 0.717) is 43.7 Å². The molecule has 0 saturated carbocycles. The third-order valence-electron chi connectivity index (χ3n) is 7.86. The number of amides is 2. The first-order valence-electron chi connectivity index (χ1n) is 13.3. The number of benzene rings is 1. The number of unbranched alkanes of at least 4 members (excludes halogenated alkanes) is 3. The standard InChI is InChI=1S/C28H38N2O7/c1-4-16-29(19-10-12-20(35-3)13-11-19)26(33)24-28-15-14-21(37-28)22(27(34)36-5-2)23(28)25(32)30(24)17-8-6-7-9-18-31/h4,10-13,21-24,31H,1,5-9,14-18H2,2-3H3/t21-,22+,23+,24-,28+/m1/s1. The minimum Gasteiger partial charge on any atom is -0.497 e. The van der Waals surface area contributed by atoms with E-state index in [0.717, 1.165) is 12.8 Å². The maximum Gasteiger partial charge on any atom is 0.312 e. The molecule has 0 radical (unpaired) electrons. The topological polar surface area (TPSA) is 106 Å². The van der Waals surface area contributed by atoms with Gasteiger partial charge in [-0.05, 0) is 56.9 Å². The highest BCUT2D eigenvalue weighted by Gasteiger charge is 2.75. The predicted octanol–water partition coefficient (Wildman–Crippen LogP) is 2.70. The molecule has 9 nitrogen and oxygen atoms in total. The van der Waals surface area contributed by atoms with Gasteiger partial charge in [0, 0.05) is 25.4 Å². The van der Waals surface area contributed by atoms with Crippen molar-refractivity contribution in [1.29, 1.82) is 0 Å². The average molecular weight is 515 g/mol.